The van der Waals surface area contributed by atoms with E-state index in [9.17, 15) is 0 Å². The van der Waals surface area contributed by atoms with Gasteiger partial charge in [0, 0.05) is 4.47 Å². The Morgan fingerprint density at radius 1 is 1.33 bits per heavy atom. The molecule has 0 fully saturated rings. The molecule has 2 rings (SSSR count). The first-order chi connectivity index (χ1) is 7.18. The number of hydrogen-bond donors (Lipinski definition) is 1. The average molecular weight is 266 g/mol. The van der Waals surface area contributed by atoms with Crippen LogP contribution in [-0.2, 0) is 0 Å². The van der Waals surface area contributed by atoms with Gasteiger partial charge in [0.25, 0.3) is 0 Å². The van der Waals surface area contributed by atoms with Crippen LogP contribution in [-0.4, -0.2) is 0 Å². The maximum atomic E-state index is 6.12. The third-order valence-corrected chi connectivity index (χ3v) is 2.92. The number of nitrogens with two attached hydrogens (primary N) is 1. The number of rotatable bonds is 2. The standard InChI is InChI=1S/C12H12BrNO/c1-8-4-5-9(13)7-10(8)12(14)11-3-2-6-15-11/h2-7,12H,14H2,1H3. The molecule has 0 aliphatic heterocycles. The van der Waals surface area contributed by atoms with Crippen molar-refractivity contribution < 1.29 is 4.42 Å². The fourth-order valence-electron chi connectivity index (χ4n) is 1.57. The van der Waals surface area contributed by atoms with Gasteiger partial charge in [0.15, 0.2) is 0 Å². The monoisotopic (exact) mass is 265 g/mol. The van der Waals surface area contributed by atoms with Gasteiger partial charge in [0.1, 0.15) is 5.76 Å². The summed E-state index contributed by atoms with van der Waals surface area (Å²) in [6.45, 7) is 2.05. The van der Waals surface area contributed by atoms with Crippen LogP contribution in [0.4, 0.5) is 0 Å². The van der Waals surface area contributed by atoms with Crippen LogP contribution < -0.4 is 5.73 Å². The molecule has 0 aliphatic rings. The molecule has 1 aromatic heterocycles. The van der Waals surface area contributed by atoms with Crippen LogP contribution in [0.15, 0.2) is 45.5 Å². The molecule has 2 N–H and O–H groups in total. The van der Waals surface area contributed by atoms with Gasteiger partial charge < -0.3 is 10.2 Å². The van der Waals surface area contributed by atoms with E-state index in [4.69, 9.17) is 10.2 Å². The van der Waals surface area contributed by atoms with Gasteiger partial charge in [-0.2, -0.15) is 0 Å². The van der Waals surface area contributed by atoms with E-state index < -0.39 is 0 Å². The van der Waals surface area contributed by atoms with Crippen molar-refractivity contribution in [2.75, 3.05) is 0 Å². The number of furan rings is 1. The highest BCUT2D eigenvalue weighted by Crippen LogP contribution is 2.25. The zero-order valence-electron chi connectivity index (χ0n) is 8.41. The van der Waals surface area contributed by atoms with Crippen molar-refractivity contribution in [2.24, 2.45) is 5.73 Å². The lowest BCUT2D eigenvalue weighted by molar-refractivity contribution is 0.489. The van der Waals surface area contributed by atoms with Crippen LogP contribution in [0.2, 0.25) is 0 Å². The van der Waals surface area contributed by atoms with Crippen LogP contribution in [0, 0.1) is 6.92 Å². The van der Waals surface area contributed by atoms with Gasteiger partial charge in [0.2, 0.25) is 0 Å². The molecule has 0 spiro atoms. The Morgan fingerprint density at radius 3 is 2.80 bits per heavy atom. The smallest absolute Gasteiger partial charge is 0.125 e. The molecule has 78 valence electrons. The van der Waals surface area contributed by atoms with Crippen LogP contribution in [0.5, 0.6) is 0 Å². The first-order valence-corrected chi connectivity index (χ1v) is 5.53. The third-order valence-electron chi connectivity index (χ3n) is 2.43. The molecular weight excluding hydrogens is 254 g/mol. The predicted octanol–water partition coefficient (Wildman–Crippen LogP) is 3.40. The van der Waals surface area contributed by atoms with Gasteiger partial charge in [-0.25, -0.2) is 0 Å². The Balaban J connectivity index is 2.41. The number of aryl methyl sites for hydroxylation is 1. The fraction of sp³-hybridized carbons (Fsp3) is 0.167. The minimum Gasteiger partial charge on any atom is -0.467 e. The minimum atomic E-state index is -0.197. The molecule has 1 atom stereocenters. The second-order valence-electron chi connectivity index (χ2n) is 3.49. The summed E-state index contributed by atoms with van der Waals surface area (Å²) in [6, 6.07) is 9.63. The van der Waals surface area contributed by atoms with Crippen LogP contribution >= 0.6 is 15.9 Å². The van der Waals surface area contributed by atoms with Crippen molar-refractivity contribution in [3.8, 4) is 0 Å². The highest BCUT2D eigenvalue weighted by molar-refractivity contribution is 9.10. The SMILES string of the molecule is Cc1ccc(Br)cc1C(N)c1ccco1. The van der Waals surface area contributed by atoms with E-state index in [2.05, 4.69) is 15.9 Å². The zero-order chi connectivity index (χ0) is 10.8. The van der Waals surface area contributed by atoms with Crippen molar-refractivity contribution in [3.63, 3.8) is 0 Å². The van der Waals surface area contributed by atoms with Crippen molar-refractivity contribution in [1.82, 2.24) is 0 Å². The topological polar surface area (TPSA) is 39.2 Å². The van der Waals surface area contributed by atoms with E-state index in [-0.39, 0.29) is 6.04 Å². The molecule has 0 bridgehead atoms. The quantitative estimate of drug-likeness (QED) is 0.904. The highest BCUT2D eigenvalue weighted by Gasteiger charge is 2.13. The maximum Gasteiger partial charge on any atom is 0.125 e. The van der Waals surface area contributed by atoms with Gasteiger partial charge in [-0.05, 0) is 42.3 Å². The third kappa shape index (κ3) is 2.13. The van der Waals surface area contributed by atoms with Gasteiger partial charge in [-0.3, -0.25) is 0 Å². The summed E-state index contributed by atoms with van der Waals surface area (Å²) >= 11 is 3.44. The normalized spacial score (nSPS) is 12.7. The Bertz CT molecular complexity index is 451. The fourth-order valence-corrected chi connectivity index (χ4v) is 1.95. The molecule has 1 aromatic carbocycles. The molecule has 3 heteroatoms. The average Bonchev–Trinajstić information content (AvgIpc) is 2.74. The van der Waals surface area contributed by atoms with E-state index in [0.29, 0.717) is 0 Å². The molecule has 0 saturated carbocycles. The second-order valence-corrected chi connectivity index (χ2v) is 4.41. The first kappa shape index (κ1) is 10.5. The molecule has 2 aromatic rings. The molecule has 1 unspecified atom stereocenters. The lowest BCUT2D eigenvalue weighted by atomic mass is 10.0. The second kappa shape index (κ2) is 4.21. The van der Waals surface area contributed by atoms with Crippen LogP contribution in [0.25, 0.3) is 0 Å². The summed E-state index contributed by atoms with van der Waals surface area (Å²) < 4.78 is 6.34. The van der Waals surface area contributed by atoms with Crippen molar-refractivity contribution in [3.05, 3.63) is 58.0 Å². The van der Waals surface area contributed by atoms with Gasteiger partial charge in [-0.1, -0.05) is 22.0 Å². The van der Waals surface area contributed by atoms with Gasteiger partial charge >= 0.3 is 0 Å². The molecule has 0 amide bonds. The molecule has 0 saturated heterocycles. The molecular formula is C12H12BrNO. The van der Waals surface area contributed by atoms with E-state index in [1.165, 1.54) is 5.56 Å². The lowest BCUT2D eigenvalue weighted by Gasteiger charge is -2.12. The van der Waals surface area contributed by atoms with Crippen molar-refractivity contribution in [1.29, 1.82) is 0 Å². The Labute approximate surface area is 97.2 Å². The molecule has 0 aliphatic carbocycles. The minimum absolute atomic E-state index is 0.197. The Hall–Kier alpha value is -1.06. The first-order valence-electron chi connectivity index (χ1n) is 4.73. The predicted molar refractivity (Wildman–Crippen MR) is 63.6 cm³/mol. The number of halogens is 1. The maximum absolute atomic E-state index is 6.12. The largest absolute Gasteiger partial charge is 0.467 e. The van der Waals surface area contributed by atoms with Crippen molar-refractivity contribution >= 4 is 15.9 Å². The molecule has 15 heavy (non-hydrogen) atoms. The van der Waals surface area contributed by atoms with Crippen molar-refractivity contribution in [2.45, 2.75) is 13.0 Å². The molecule has 0 radical (unpaired) electrons. The summed E-state index contributed by atoms with van der Waals surface area (Å²) in [5, 5.41) is 0. The van der Waals surface area contributed by atoms with E-state index in [0.717, 1.165) is 15.8 Å². The summed E-state index contributed by atoms with van der Waals surface area (Å²) in [5.41, 5.74) is 8.37. The summed E-state index contributed by atoms with van der Waals surface area (Å²) in [7, 11) is 0. The number of hydrogen-bond acceptors (Lipinski definition) is 2. The van der Waals surface area contributed by atoms with Crippen LogP contribution in [0.3, 0.4) is 0 Å². The summed E-state index contributed by atoms with van der Waals surface area (Å²) in [5.74, 6) is 0.788. The number of benzene rings is 1. The Kier molecular flexibility index (Phi) is 2.93. The summed E-state index contributed by atoms with van der Waals surface area (Å²) in [4.78, 5) is 0. The van der Waals surface area contributed by atoms with E-state index in [1.54, 1.807) is 6.26 Å². The van der Waals surface area contributed by atoms with E-state index in [1.807, 2.05) is 37.3 Å². The lowest BCUT2D eigenvalue weighted by Crippen LogP contribution is -2.12. The summed E-state index contributed by atoms with van der Waals surface area (Å²) in [6.07, 6.45) is 1.64. The van der Waals surface area contributed by atoms with Gasteiger partial charge in [0.05, 0.1) is 12.3 Å². The van der Waals surface area contributed by atoms with Crippen LogP contribution in [0.1, 0.15) is 22.9 Å². The molecule has 1 heterocycles. The zero-order valence-corrected chi connectivity index (χ0v) is 9.99. The highest BCUT2D eigenvalue weighted by atomic mass is 79.9. The van der Waals surface area contributed by atoms with E-state index >= 15 is 0 Å². The molecule has 2 nitrogen and oxygen atoms in total. The Morgan fingerprint density at radius 2 is 2.13 bits per heavy atom. The van der Waals surface area contributed by atoms with Gasteiger partial charge in [-0.15, -0.1) is 0 Å².